The van der Waals surface area contributed by atoms with Crippen molar-refractivity contribution in [2.24, 2.45) is 7.05 Å². The number of hydrogen-bond acceptors (Lipinski definition) is 5. The van der Waals surface area contributed by atoms with Crippen LogP contribution in [0.1, 0.15) is 12.7 Å². The van der Waals surface area contributed by atoms with E-state index in [-0.39, 0.29) is 12.1 Å². The second kappa shape index (κ2) is 5.02. The molecule has 6 heteroatoms. The summed E-state index contributed by atoms with van der Waals surface area (Å²) in [6.07, 6.45) is 0.850. The van der Waals surface area contributed by atoms with E-state index in [0.29, 0.717) is 0 Å². The van der Waals surface area contributed by atoms with Gasteiger partial charge in [-0.05, 0) is 19.2 Å². The summed E-state index contributed by atoms with van der Waals surface area (Å²) in [6, 6.07) is 0.212. The van der Waals surface area contributed by atoms with E-state index in [4.69, 9.17) is 4.74 Å². The molecule has 0 aliphatic heterocycles. The first-order valence-electron chi connectivity index (χ1n) is 4.60. The molecule has 0 aliphatic carbocycles. The van der Waals surface area contributed by atoms with Gasteiger partial charge in [0, 0.05) is 19.6 Å². The zero-order chi connectivity index (χ0) is 10.6. The molecule has 0 aliphatic rings. The maximum atomic E-state index is 5.24. The molecule has 6 nitrogen and oxygen atoms in total. The number of rotatable bonds is 5. The highest BCUT2D eigenvalue weighted by atomic mass is 16.5. The molecule has 1 N–H and O–H groups in total. The van der Waals surface area contributed by atoms with Crippen LogP contribution in [0.15, 0.2) is 0 Å². The number of likely N-dealkylation sites (N-methyl/N-ethyl adjacent to an activating group) is 1. The molecular weight excluding hydrogens is 182 g/mol. The Kier molecular flexibility index (Phi) is 3.97. The molecule has 0 aromatic carbocycles. The highest BCUT2D eigenvalue weighted by molar-refractivity contribution is 4.86. The molecule has 0 saturated carbocycles. The lowest BCUT2D eigenvalue weighted by Gasteiger charge is -2.20. The summed E-state index contributed by atoms with van der Waals surface area (Å²) in [4.78, 5) is 1.46. The van der Waals surface area contributed by atoms with Crippen molar-refractivity contribution in [3.8, 4) is 0 Å². The number of ether oxygens (including phenoxy) is 1. The molecule has 2 atom stereocenters. The van der Waals surface area contributed by atoms with Crippen molar-refractivity contribution in [1.29, 1.82) is 0 Å². The fraction of sp³-hybridized carbons (Fsp3) is 0.875. The molecule has 1 heterocycles. The van der Waals surface area contributed by atoms with E-state index in [2.05, 4.69) is 20.7 Å². The highest BCUT2D eigenvalue weighted by Gasteiger charge is 2.17. The minimum absolute atomic E-state index is 0.129. The Balaban J connectivity index is 2.56. The van der Waals surface area contributed by atoms with Gasteiger partial charge < -0.3 is 10.1 Å². The maximum Gasteiger partial charge on any atom is 0.176 e. The molecule has 0 saturated heterocycles. The molecular formula is C8H17N5O. The van der Waals surface area contributed by atoms with Gasteiger partial charge in [-0.1, -0.05) is 0 Å². The summed E-state index contributed by atoms with van der Waals surface area (Å²) in [5.74, 6) is 0.732. The lowest BCUT2D eigenvalue weighted by atomic mass is 10.1. The third kappa shape index (κ3) is 2.74. The van der Waals surface area contributed by atoms with Gasteiger partial charge in [-0.2, -0.15) is 4.80 Å². The van der Waals surface area contributed by atoms with Crippen LogP contribution in [0.3, 0.4) is 0 Å². The molecule has 1 rings (SSSR count). The Morgan fingerprint density at radius 1 is 1.57 bits per heavy atom. The summed E-state index contributed by atoms with van der Waals surface area (Å²) in [7, 11) is 5.35. The lowest BCUT2D eigenvalue weighted by Crippen LogP contribution is -2.39. The predicted octanol–water partition coefficient (Wildman–Crippen LogP) is -0.625. The van der Waals surface area contributed by atoms with Crippen molar-refractivity contribution < 1.29 is 4.74 Å². The Hall–Kier alpha value is -1.01. The van der Waals surface area contributed by atoms with Gasteiger partial charge in [0.05, 0.1) is 13.2 Å². The van der Waals surface area contributed by atoms with Gasteiger partial charge in [-0.3, -0.25) is 0 Å². The summed E-state index contributed by atoms with van der Waals surface area (Å²) in [6.45, 7) is 2.01. The van der Waals surface area contributed by atoms with Gasteiger partial charge in [-0.25, -0.2) is 0 Å². The standard InChI is InChI=1S/C8H17N5O/c1-6(14-4)7(9-2)5-8-10-12-13(3)11-8/h6-7,9H,5H2,1-4H3. The highest BCUT2D eigenvalue weighted by Crippen LogP contribution is 2.02. The lowest BCUT2D eigenvalue weighted by molar-refractivity contribution is 0.0850. The first-order valence-corrected chi connectivity index (χ1v) is 4.60. The van der Waals surface area contributed by atoms with Gasteiger partial charge in [0.25, 0.3) is 0 Å². The number of methoxy groups -OCH3 is 1. The molecule has 0 fully saturated rings. The van der Waals surface area contributed by atoms with Gasteiger partial charge in [0.2, 0.25) is 0 Å². The van der Waals surface area contributed by atoms with Crippen LogP contribution in [-0.2, 0) is 18.2 Å². The second-order valence-corrected chi connectivity index (χ2v) is 3.24. The van der Waals surface area contributed by atoms with Crippen molar-refractivity contribution in [3.63, 3.8) is 0 Å². The van der Waals surface area contributed by atoms with Crippen LogP contribution in [0.2, 0.25) is 0 Å². The molecule has 14 heavy (non-hydrogen) atoms. The van der Waals surface area contributed by atoms with E-state index < -0.39 is 0 Å². The van der Waals surface area contributed by atoms with Crippen LogP contribution in [-0.4, -0.2) is 46.5 Å². The second-order valence-electron chi connectivity index (χ2n) is 3.24. The van der Waals surface area contributed by atoms with Crippen molar-refractivity contribution in [2.75, 3.05) is 14.2 Å². The number of tetrazole rings is 1. The first kappa shape index (κ1) is 11.1. The largest absolute Gasteiger partial charge is 0.380 e. The minimum Gasteiger partial charge on any atom is -0.380 e. The van der Waals surface area contributed by atoms with Gasteiger partial charge in [-0.15, -0.1) is 10.2 Å². The predicted molar refractivity (Wildman–Crippen MR) is 51.8 cm³/mol. The molecule has 1 aromatic rings. The van der Waals surface area contributed by atoms with E-state index in [9.17, 15) is 0 Å². The summed E-state index contributed by atoms with van der Waals surface area (Å²) >= 11 is 0. The Labute approximate surface area is 83.6 Å². The van der Waals surface area contributed by atoms with E-state index in [1.54, 1.807) is 14.2 Å². The SMILES string of the molecule is CNC(Cc1nnn(C)n1)C(C)OC. The normalized spacial score (nSPS) is 15.4. The number of nitrogens with zero attached hydrogens (tertiary/aromatic N) is 4. The Morgan fingerprint density at radius 2 is 2.29 bits per heavy atom. The zero-order valence-electron chi connectivity index (χ0n) is 9.06. The van der Waals surface area contributed by atoms with Crippen LogP contribution in [0.5, 0.6) is 0 Å². The molecule has 80 valence electrons. The van der Waals surface area contributed by atoms with E-state index in [1.165, 1.54) is 4.80 Å². The van der Waals surface area contributed by atoms with Gasteiger partial charge in [0.1, 0.15) is 0 Å². The van der Waals surface area contributed by atoms with E-state index in [1.807, 2.05) is 14.0 Å². The maximum absolute atomic E-state index is 5.24. The molecule has 0 amide bonds. The average Bonchev–Trinajstić information content (AvgIpc) is 2.59. The quantitative estimate of drug-likeness (QED) is 0.684. The molecule has 2 unspecified atom stereocenters. The van der Waals surface area contributed by atoms with Crippen molar-refractivity contribution in [1.82, 2.24) is 25.5 Å². The fourth-order valence-corrected chi connectivity index (χ4v) is 1.27. The third-order valence-corrected chi connectivity index (χ3v) is 2.26. The monoisotopic (exact) mass is 199 g/mol. The number of nitrogens with one attached hydrogen (secondary N) is 1. The minimum atomic E-state index is 0.129. The number of hydrogen-bond donors (Lipinski definition) is 1. The van der Waals surface area contributed by atoms with Crippen LogP contribution >= 0.6 is 0 Å². The Morgan fingerprint density at radius 3 is 2.71 bits per heavy atom. The zero-order valence-corrected chi connectivity index (χ0v) is 9.06. The summed E-state index contributed by atoms with van der Waals surface area (Å²) < 4.78 is 5.24. The number of aromatic nitrogens is 4. The Bertz CT molecular complexity index is 274. The van der Waals surface area contributed by atoms with Crippen LogP contribution in [0, 0.1) is 0 Å². The van der Waals surface area contributed by atoms with Crippen LogP contribution in [0.4, 0.5) is 0 Å². The van der Waals surface area contributed by atoms with Crippen LogP contribution in [0.25, 0.3) is 0 Å². The molecule has 1 aromatic heterocycles. The van der Waals surface area contributed by atoms with Gasteiger partial charge >= 0.3 is 0 Å². The van der Waals surface area contributed by atoms with Crippen molar-refractivity contribution >= 4 is 0 Å². The van der Waals surface area contributed by atoms with Crippen LogP contribution < -0.4 is 5.32 Å². The molecule has 0 bridgehead atoms. The first-order chi connectivity index (χ1) is 6.67. The van der Waals surface area contributed by atoms with Crippen molar-refractivity contribution in [2.45, 2.75) is 25.5 Å². The molecule has 0 radical (unpaired) electrons. The summed E-state index contributed by atoms with van der Waals surface area (Å²) in [5, 5.41) is 15.0. The summed E-state index contributed by atoms with van der Waals surface area (Å²) in [5.41, 5.74) is 0. The number of aryl methyl sites for hydroxylation is 1. The fourth-order valence-electron chi connectivity index (χ4n) is 1.27. The van der Waals surface area contributed by atoms with Crippen molar-refractivity contribution in [3.05, 3.63) is 5.82 Å². The van der Waals surface area contributed by atoms with Gasteiger partial charge in [0.15, 0.2) is 5.82 Å². The topological polar surface area (TPSA) is 64.9 Å². The molecule has 0 spiro atoms. The van der Waals surface area contributed by atoms with E-state index in [0.717, 1.165) is 12.2 Å². The van der Waals surface area contributed by atoms with E-state index >= 15 is 0 Å². The smallest absolute Gasteiger partial charge is 0.176 e. The average molecular weight is 199 g/mol. The third-order valence-electron chi connectivity index (χ3n) is 2.26.